The minimum absolute atomic E-state index is 0.0766. The zero-order chi connectivity index (χ0) is 20.5. The molecule has 7 nitrogen and oxygen atoms in total. The molecule has 1 unspecified atom stereocenters. The molecule has 1 fully saturated rings. The molecule has 154 valence electrons. The Balaban J connectivity index is 1.42. The van der Waals surface area contributed by atoms with E-state index in [1.165, 1.54) is 11.8 Å². The fourth-order valence-corrected chi connectivity index (χ4v) is 4.83. The lowest BCUT2D eigenvalue weighted by Gasteiger charge is -2.18. The minimum Gasteiger partial charge on any atom is -0.467 e. The number of nitrogens with one attached hydrogen (secondary N) is 1. The third-order valence-corrected chi connectivity index (χ3v) is 6.57. The number of fused-ring (bicyclic) bond motifs is 1. The molecular weight excluding hydrogens is 398 g/mol. The number of hydrogen-bond acceptors (Lipinski definition) is 6. The lowest BCUT2D eigenvalue weighted by molar-refractivity contribution is 0.0995. The van der Waals surface area contributed by atoms with Crippen molar-refractivity contribution in [1.82, 2.24) is 19.7 Å². The lowest BCUT2D eigenvalue weighted by atomic mass is 10.1. The Morgan fingerprint density at radius 1 is 1.20 bits per heavy atom. The first kappa shape index (κ1) is 19.0. The standard InChI is InChI=1S/C22H23N5O2S/c1-15(20(28)18-13-23-19-9-3-2-8-17(18)19)30-22-25-24-21(26-10-4-5-11-26)27(22)14-16-7-6-12-29-16/h2-3,6-9,12-13,15,23H,4-5,10-11,14H2,1H3. The van der Waals surface area contributed by atoms with Gasteiger partial charge in [0.2, 0.25) is 5.95 Å². The zero-order valence-electron chi connectivity index (χ0n) is 16.7. The summed E-state index contributed by atoms with van der Waals surface area (Å²) in [5.41, 5.74) is 1.68. The van der Waals surface area contributed by atoms with Crippen LogP contribution in [-0.4, -0.2) is 43.9 Å². The highest BCUT2D eigenvalue weighted by Gasteiger charge is 2.26. The van der Waals surface area contributed by atoms with Crippen molar-refractivity contribution in [2.45, 2.75) is 36.7 Å². The number of carbonyl (C=O) groups is 1. The molecule has 0 saturated carbocycles. The van der Waals surface area contributed by atoms with Crippen molar-refractivity contribution in [2.24, 2.45) is 0 Å². The third kappa shape index (κ3) is 3.52. The van der Waals surface area contributed by atoms with Gasteiger partial charge in [0.15, 0.2) is 10.9 Å². The topological polar surface area (TPSA) is 79.9 Å². The van der Waals surface area contributed by atoms with E-state index in [4.69, 9.17) is 4.42 Å². The summed E-state index contributed by atoms with van der Waals surface area (Å²) in [6.45, 7) is 4.42. The van der Waals surface area contributed by atoms with E-state index >= 15 is 0 Å². The molecule has 0 amide bonds. The number of ketones is 1. The van der Waals surface area contributed by atoms with Gasteiger partial charge in [-0.25, -0.2) is 0 Å². The summed E-state index contributed by atoms with van der Waals surface area (Å²) in [5, 5.41) is 10.3. The van der Waals surface area contributed by atoms with E-state index in [1.807, 2.05) is 43.3 Å². The molecule has 1 aliphatic rings. The third-order valence-electron chi connectivity index (χ3n) is 5.49. The molecule has 8 heteroatoms. The van der Waals surface area contributed by atoms with Crippen molar-refractivity contribution >= 4 is 34.4 Å². The molecule has 1 saturated heterocycles. The van der Waals surface area contributed by atoms with E-state index in [0.29, 0.717) is 12.1 Å². The number of benzene rings is 1. The van der Waals surface area contributed by atoms with Gasteiger partial charge in [-0.1, -0.05) is 30.0 Å². The normalized spacial score (nSPS) is 15.2. The number of nitrogens with zero attached hydrogens (tertiary/aromatic N) is 4. The fourth-order valence-electron chi connectivity index (χ4n) is 3.92. The summed E-state index contributed by atoms with van der Waals surface area (Å²) < 4.78 is 7.63. The molecule has 3 aromatic heterocycles. The molecule has 0 radical (unpaired) electrons. The summed E-state index contributed by atoms with van der Waals surface area (Å²) in [5.74, 6) is 1.76. The SMILES string of the molecule is CC(Sc1nnc(N2CCCC2)n1Cc1ccco1)C(=O)c1c[nH]c2ccccc12. The molecule has 30 heavy (non-hydrogen) atoms. The highest BCUT2D eigenvalue weighted by Crippen LogP contribution is 2.31. The molecule has 4 aromatic rings. The van der Waals surface area contributed by atoms with Gasteiger partial charge in [0.1, 0.15) is 5.76 Å². The summed E-state index contributed by atoms with van der Waals surface area (Å²) in [6, 6.07) is 11.7. The second kappa shape index (κ2) is 8.02. The van der Waals surface area contributed by atoms with Crippen LogP contribution < -0.4 is 4.90 Å². The maximum atomic E-state index is 13.2. The summed E-state index contributed by atoms with van der Waals surface area (Å²) in [6.07, 6.45) is 5.79. The van der Waals surface area contributed by atoms with Crippen LogP contribution in [0.4, 0.5) is 5.95 Å². The number of aromatic nitrogens is 4. The van der Waals surface area contributed by atoms with Crippen molar-refractivity contribution in [1.29, 1.82) is 0 Å². The van der Waals surface area contributed by atoms with Crippen molar-refractivity contribution < 1.29 is 9.21 Å². The number of carbonyl (C=O) groups excluding carboxylic acids is 1. The molecule has 1 aromatic carbocycles. The van der Waals surface area contributed by atoms with Gasteiger partial charge in [-0.05, 0) is 38.0 Å². The average molecular weight is 422 g/mol. The fraction of sp³-hybridized carbons (Fsp3) is 0.318. The first-order valence-electron chi connectivity index (χ1n) is 10.2. The zero-order valence-corrected chi connectivity index (χ0v) is 17.6. The molecule has 5 rings (SSSR count). The lowest BCUT2D eigenvalue weighted by Crippen LogP contribution is -2.23. The number of aromatic amines is 1. The van der Waals surface area contributed by atoms with Crippen LogP contribution in [0, 0.1) is 0 Å². The second-order valence-electron chi connectivity index (χ2n) is 7.51. The Kier molecular flexibility index (Phi) is 5.08. The van der Waals surface area contributed by atoms with Crippen LogP contribution in [0.1, 0.15) is 35.9 Å². The first-order chi connectivity index (χ1) is 14.7. The molecule has 0 spiro atoms. The van der Waals surface area contributed by atoms with Gasteiger partial charge in [-0.2, -0.15) is 0 Å². The van der Waals surface area contributed by atoms with Gasteiger partial charge in [-0.3, -0.25) is 9.36 Å². The van der Waals surface area contributed by atoms with Gasteiger partial charge in [0.25, 0.3) is 0 Å². The number of rotatable bonds is 7. The van der Waals surface area contributed by atoms with Crippen LogP contribution in [0.3, 0.4) is 0 Å². The van der Waals surface area contributed by atoms with Gasteiger partial charge in [0.05, 0.1) is 18.1 Å². The first-order valence-corrected chi connectivity index (χ1v) is 11.1. The molecule has 1 N–H and O–H groups in total. The molecule has 0 bridgehead atoms. The number of thioether (sulfide) groups is 1. The van der Waals surface area contributed by atoms with Gasteiger partial charge in [0, 0.05) is 35.8 Å². The minimum atomic E-state index is -0.296. The molecular formula is C22H23N5O2S. The van der Waals surface area contributed by atoms with E-state index in [1.54, 1.807) is 12.5 Å². The number of para-hydroxylation sites is 1. The van der Waals surface area contributed by atoms with Crippen molar-refractivity contribution in [3.63, 3.8) is 0 Å². The van der Waals surface area contributed by atoms with Crippen LogP contribution in [0.2, 0.25) is 0 Å². The summed E-state index contributed by atoms with van der Waals surface area (Å²) in [7, 11) is 0. The number of H-pyrrole nitrogens is 1. The monoisotopic (exact) mass is 421 g/mol. The Labute approximate surface area is 178 Å². The highest BCUT2D eigenvalue weighted by atomic mass is 32.2. The smallest absolute Gasteiger partial charge is 0.228 e. The number of furan rings is 1. The van der Waals surface area contributed by atoms with Gasteiger partial charge < -0.3 is 14.3 Å². The maximum absolute atomic E-state index is 13.2. The van der Waals surface area contributed by atoms with Crippen LogP contribution in [0.25, 0.3) is 10.9 Å². The molecule has 0 aliphatic carbocycles. The van der Waals surface area contributed by atoms with Crippen LogP contribution in [0.5, 0.6) is 0 Å². The van der Waals surface area contributed by atoms with E-state index in [0.717, 1.165) is 53.7 Å². The predicted octanol–water partition coefficient (Wildman–Crippen LogP) is 4.36. The van der Waals surface area contributed by atoms with Crippen LogP contribution in [0.15, 0.2) is 58.4 Å². The largest absolute Gasteiger partial charge is 0.467 e. The van der Waals surface area contributed by atoms with E-state index in [9.17, 15) is 4.79 Å². The van der Waals surface area contributed by atoms with Crippen LogP contribution in [-0.2, 0) is 6.54 Å². The Bertz CT molecular complexity index is 1160. The molecule has 4 heterocycles. The summed E-state index contributed by atoms with van der Waals surface area (Å²) in [4.78, 5) is 18.6. The van der Waals surface area contributed by atoms with Crippen LogP contribution >= 0.6 is 11.8 Å². The predicted molar refractivity (Wildman–Crippen MR) is 117 cm³/mol. The van der Waals surface area contributed by atoms with Gasteiger partial charge >= 0.3 is 0 Å². The quantitative estimate of drug-likeness (QED) is 0.353. The summed E-state index contributed by atoms with van der Waals surface area (Å²) >= 11 is 1.44. The van der Waals surface area contributed by atoms with E-state index in [-0.39, 0.29) is 11.0 Å². The van der Waals surface area contributed by atoms with E-state index in [2.05, 4.69) is 24.6 Å². The Morgan fingerprint density at radius 3 is 2.83 bits per heavy atom. The van der Waals surface area contributed by atoms with Crippen molar-refractivity contribution in [3.05, 3.63) is 60.2 Å². The number of Topliss-reactive ketones (excluding diaryl/α,β-unsaturated/α-hetero) is 1. The second-order valence-corrected chi connectivity index (χ2v) is 8.82. The average Bonchev–Trinajstić information content (AvgIpc) is 3.55. The Hall–Kier alpha value is -3.00. The van der Waals surface area contributed by atoms with Gasteiger partial charge in [-0.15, -0.1) is 10.2 Å². The van der Waals surface area contributed by atoms with Crippen molar-refractivity contribution in [3.8, 4) is 0 Å². The van der Waals surface area contributed by atoms with E-state index < -0.39 is 0 Å². The number of anilines is 1. The molecule has 1 atom stereocenters. The maximum Gasteiger partial charge on any atom is 0.228 e. The number of hydrogen-bond donors (Lipinski definition) is 1. The molecule has 1 aliphatic heterocycles. The Morgan fingerprint density at radius 2 is 2.03 bits per heavy atom. The van der Waals surface area contributed by atoms with Crippen molar-refractivity contribution in [2.75, 3.05) is 18.0 Å². The highest BCUT2D eigenvalue weighted by molar-refractivity contribution is 8.00.